The Morgan fingerprint density at radius 1 is 1.38 bits per heavy atom. The molecule has 0 saturated carbocycles. The molecule has 4 nitrogen and oxygen atoms in total. The number of nitrogens with zero attached hydrogens (tertiary/aromatic N) is 1. The van der Waals surface area contributed by atoms with Crippen LogP contribution in [0.25, 0.3) is 0 Å². The first-order chi connectivity index (χ1) is 10.2. The molecule has 1 saturated heterocycles. The van der Waals surface area contributed by atoms with Crippen molar-refractivity contribution < 1.29 is 9.90 Å². The largest absolute Gasteiger partial charge is 0.396 e. The fourth-order valence-electron chi connectivity index (χ4n) is 2.74. The average molecular weight is 308 g/mol. The van der Waals surface area contributed by atoms with E-state index >= 15 is 0 Å². The van der Waals surface area contributed by atoms with Crippen molar-refractivity contribution in [2.75, 3.05) is 19.4 Å². The molecule has 0 aliphatic carbocycles. The zero-order valence-corrected chi connectivity index (χ0v) is 13.4. The quantitative estimate of drug-likeness (QED) is 0.822. The van der Waals surface area contributed by atoms with Crippen molar-refractivity contribution in [1.82, 2.24) is 10.2 Å². The summed E-state index contributed by atoms with van der Waals surface area (Å²) in [4.78, 5) is 15.4. The second-order valence-electron chi connectivity index (χ2n) is 5.36. The Morgan fingerprint density at radius 3 is 2.81 bits per heavy atom. The van der Waals surface area contributed by atoms with Crippen LogP contribution in [0.1, 0.15) is 31.2 Å². The number of amides is 2. The topological polar surface area (TPSA) is 52.6 Å². The van der Waals surface area contributed by atoms with Crippen molar-refractivity contribution >= 4 is 17.8 Å². The van der Waals surface area contributed by atoms with E-state index in [2.05, 4.69) is 23.7 Å². The summed E-state index contributed by atoms with van der Waals surface area (Å²) in [6, 6.07) is 8.41. The van der Waals surface area contributed by atoms with Crippen LogP contribution < -0.4 is 5.32 Å². The molecule has 1 aromatic rings. The fourth-order valence-corrected chi connectivity index (χ4v) is 3.15. The normalized spacial score (nSPS) is 18.6. The second kappa shape index (κ2) is 8.29. The lowest BCUT2D eigenvalue weighted by atomic mass is 10.0. The molecule has 0 aromatic heterocycles. The highest BCUT2D eigenvalue weighted by Gasteiger charge is 2.25. The zero-order chi connectivity index (χ0) is 15.1. The monoisotopic (exact) mass is 308 g/mol. The van der Waals surface area contributed by atoms with Crippen LogP contribution in [0, 0.1) is 0 Å². The van der Waals surface area contributed by atoms with Gasteiger partial charge in [-0.25, -0.2) is 4.79 Å². The molecule has 1 aliphatic rings. The minimum Gasteiger partial charge on any atom is -0.396 e. The summed E-state index contributed by atoms with van der Waals surface area (Å²) in [7, 11) is 0. The van der Waals surface area contributed by atoms with Gasteiger partial charge in [0.1, 0.15) is 0 Å². The summed E-state index contributed by atoms with van der Waals surface area (Å²) in [6.45, 7) is 1.49. The predicted molar refractivity (Wildman–Crippen MR) is 86.5 cm³/mol. The van der Waals surface area contributed by atoms with E-state index in [0.29, 0.717) is 13.0 Å². The Balaban J connectivity index is 1.87. The zero-order valence-electron chi connectivity index (χ0n) is 12.5. The molecular formula is C16H24N2O2S. The van der Waals surface area contributed by atoms with Gasteiger partial charge in [-0.15, -0.1) is 11.8 Å². The van der Waals surface area contributed by atoms with Gasteiger partial charge in [0.25, 0.3) is 0 Å². The summed E-state index contributed by atoms with van der Waals surface area (Å²) in [5.74, 6) is 0. The Morgan fingerprint density at radius 2 is 2.14 bits per heavy atom. The lowest BCUT2D eigenvalue weighted by Crippen LogP contribution is -2.48. The maximum Gasteiger partial charge on any atom is 0.317 e. The molecule has 0 radical (unpaired) electrons. The van der Waals surface area contributed by atoms with Crippen molar-refractivity contribution in [3.8, 4) is 0 Å². The smallest absolute Gasteiger partial charge is 0.317 e. The Hall–Kier alpha value is -1.20. The molecule has 1 atom stereocenters. The van der Waals surface area contributed by atoms with Crippen molar-refractivity contribution in [1.29, 1.82) is 0 Å². The van der Waals surface area contributed by atoms with E-state index in [1.807, 2.05) is 17.0 Å². The number of hydrogen-bond acceptors (Lipinski definition) is 3. The molecule has 21 heavy (non-hydrogen) atoms. The van der Waals surface area contributed by atoms with Gasteiger partial charge in [-0.2, -0.15) is 0 Å². The van der Waals surface area contributed by atoms with Crippen molar-refractivity contribution in [3.05, 3.63) is 29.8 Å². The van der Waals surface area contributed by atoms with Gasteiger partial charge in [0.15, 0.2) is 0 Å². The number of aliphatic hydroxyl groups is 1. The molecule has 1 aromatic carbocycles. The van der Waals surface area contributed by atoms with Crippen LogP contribution in [-0.4, -0.2) is 41.5 Å². The van der Waals surface area contributed by atoms with E-state index in [9.17, 15) is 4.79 Å². The molecule has 2 N–H and O–H groups in total. The van der Waals surface area contributed by atoms with Gasteiger partial charge >= 0.3 is 6.03 Å². The van der Waals surface area contributed by atoms with Crippen LogP contribution in [-0.2, 0) is 6.54 Å². The Labute approximate surface area is 130 Å². The van der Waals surface area contributed by atoms with Crippen LogP contribution in [0.3, 0.4) is 0 Å². The Kier molecular flexibility index (Phi) is 6.39. The number of piperidine rings is 1. The van der Waals surface area contributed by atoms with Gasteiger partial charge in [0.2, 0.25) is 0 Å². The highest BCUT2D eigenvalue weighted by Crippen LogP contribution is 2.19. The van der Waals surface area contributed by atoms with Crippen LogP contribution >= 0.6 is 11.8 Å². The highest BCUT2D eigenvalue weighted by molar-refractivity contribution is 7.98. The van der Waals surface area contributed by atoms with Gasteiger partial charge < -0.3 is 15.3 Å². The number of likely N-dealkylation sites (tertiary alicyclic amines) is 1. The summed E-state index contributed by atoms with van der Waals surface area (Å²) < 4.78 is 0. The molecule has 116 valence electrons. The number of rotatable bonds is 5. The molecule has 0 bridgehead atoms. The number of thioether (sulfide) groups is 1. The van der Waals surface area contributed by atoms with Gasteiger partial charge in [-0.3, -0.25) is 0 Å². The van der Waals surface area contributed by atoms with E-state index in [-0.39, 0.29) is 18.7 Å². The van der Waals surface area contributed by atoms with Crippen LogP contribution in [0.15, 0.2) is 29.2 Å². The first-order valence-electron chi connectivity index (χ1n) is 7.53. The highest BCUT2D eigenvalue weighted by atomic mass is 32.2. The van der Waals surface area contributed by atoms with E-state index < -0.39 is 0 Å². The summed E-state index contributed by atoms with van der Waals surface area (Å²) in [5, 5.41) is 12.1. The molecular weight excluding hydrogens is 284 g/mol. The standard InChI is InChI=1S/C16H24N2O2S/c1-21-15-7-5-13(6-8-15)12-17-16(20)18-10-3-2-4-14(18)9-11-19/h5-8,14,19H,2-4,9-12H2,1H3,(H,17,20)/t14-/m1/s1. The van der Waals surface area contributed by atoms with Crippen LogP contribution in [0.2, 0.25) is 0 Å². The maximum absolute atomic E-state index is 12.3. The molecule has 1 heterocycles. The number of carbonyl (C=O) groups is 1. The van der Waals surface area contributed by atoms with E-state index in [0.717, 1.165) is 31.4 Å². The SMILES string of the molecule is CSc1ccc(CNC(=O)N2CCCC[C@@H]2CCO)cc1. The number of benzene rings is 1. The molecule has 2 amide bonds. The van der Waals surface area contributed by atoms with E-state index in [1.165, 1.54) is 4.90 Å². The molecule has 1 fully saturated rings. The van der Waals surface area contributed by atoms with Crippen molar-refractivity contribution in [3.63, 3.8) is 0 Å². The third-order valence-corrected chi connectivity index (χ3v) is 4.70. The van der Waals surface area contributed by atoms with Crippen LogP contribution in [0.5, 0.6) is 0 Å². The minimum atomic E-state index is -0.0120. The molecule has 2 rings (SSSR count). The van der Waals surface area contributed by atoms with Gasteiger partial charge in [-0.05, 0) is 49.6 Å². The maximum atomic E-state index is 12.3. The number of carbonyl (C=O) groups excluding carboxylic acids is 1. The van der Waals surface area contributed by atoms with Crippen molar-refractivity contribution in [2.24, 2.45) is 0 Å². The minimum absolute atomic E-state index is 0.0120. The third kappa shape index (κ3) is 4.64. The van der Waals surface area contributed by atoms with Gasteiger partial charge in [0, 0.05) is 30.6 Å². The predicted octanol–water partition coefficient (Wildman–Crippen LogP) is 2.86. The third-order valence-electron chi connectivity index (χ3n) is 3.95. The molecule has 5 heteroatoms. The van der Waals surface area contributed by atoms with Gasteiger partial charge in [0.05, 0.1) is 0 Å². The van der Waals surface area contributed by atoms with Crippen molar-refractivity contribution in [2.45, 2.75) is 43.2 Å². The summed E-state index contributed by atoms with van der Waals surface area (Å²) in [5.41, 5.74) is 1.11. The van der Waals surface area contributed by atoms with Gasteiger partial charge in [-0.1, -0.05) is 12.1 Å². The first-order valence-corrected chi connectivity index (χ1v) is 8.75. The Bertz CT molecular complexity index is 448. The number of nitrogens with one attached hydrogen (secondary N) is 1. The first kappa shape index (κ1) is 16.2. The second-order valence-corrected chi connectivity index (χ2v) is 6.24. The lowest BCUT2D eigenvalue weighted by molar-refractivity contribution is 0.131. The fraction of sp³-hybridized carbons (Fsp3) is 0.562. The summed E-state index contributed by atoms with van der Waals surface area (Å²) in [6.07, 6.45) is 5.92. The lowest BCUT2D eigenvalue weighted by Gasteiger charge is -2.35. The number of aliphatic hydroxyl groups excluding tert-OH is 1. The van der Waals surface area contributed by atoms with E-state index in [4.69, 9.17) is 5.11 Å². The average Bonchev–Trinajstić information content (AvgIpc) is 2.54. The van der Waals surface area contributed by atoms with E-state index in [1.54, 1.807) is 11.8 Å². The number of urea groups is 1. The number of hydrogen-bond donors (Lipinski definition) is 2. The van der Waals surface area contributed by atoms with Crippen LogP contribution in [0.4, 0.5) is 4.79 Å². The molecule has 1 aliphatic heterocycles. The molecule has 0 spiro atoms. The summed E-state index contributed by atoms with van der Waals surface area (Å²) >= 11 is 1.71. The molecule has 0 unspecified atom stereocenters.